The highest BCUT2D eigenvalue weighted by Gasteiger charge is 2.30. The molecule has 0 spiro atoms. The van der Waals surface area contributed by atoms with Crippen molar-refractivity contribution in [2.45, 2.75) is 0 Å². The van der Waals surface area contributed by atoms with E-state index in [1.807, 2.05) is 0 Å². The highest BCUT2D eigenvalue weighted by Crippen LogP contribution is 2.31. The number of phenols is 1. The maximum atomic E-state index is 12.4. The number of phenolic OH excluding ortho intramolecular Hbond substituents is 1. The summed E-state index contributed by atoms with van der Waals surface area (Å²) in [5.41, 5.74) is 0.350. The summed E-state index contributed by atoms with van der Waals surface area (Å²) in [6, 6.07) is 7.57. The van der Waals surface area contributed by atoms with E-state index in [4.69, 9.17) is 4.55 Å². The summed E-state index contributed by atoms with van der Waals surface area (Å²) in [5.74, 6) is -1.12. The van der Waals surface area contributed by atoms with Crippen molar-refractivity contribution < 1.29 is 32.5 Å². The van der Waals surface area contributed by atoms with Gasteiger partial charge in [-0.15, -0.1) is 0 Å². The SMILES string of the molecule is O=C1c2ccc(ONS(=O)(=O)O)cc2C(=O)c2ccc(O)cc21. The van der Waals surface area contributed by atoms with Gasteiger partial charge in [0.2, 0.25) is 0 Å². The Kier molecular flexibility index (Phi) is 3.40. The molecule has 0 heterocycles. The van der Waals surface area contributed by atoms with Crippen LogP contribution in [0.1, 0.15) is 31.8 Å². The van der Waals surface area contributed by atoms with Gasteiger partial charge in [-0.05, 0) is 41.3 Å². The van der Waals surface area contributed by atoms with Gasteiger partial charge in [0.05, 0.1) is 0 Å². The van der Waals surface area contributed by atoms with E-state index in [2.05, 4.69) is 4.84 Å². The number of hydrogen-bond acceptors (Lipinski definition) is 6. The van der Waals surface area contributed by atoms with E-state index < -0.39 is 21.9 Å². The number of aromatic hydroxyl groups is 1. The Hall–Kier alpha value is -2.75. The molecule has 0 atom stereocenters. The van der Waals surface area contributed by atoms with Crippen LogP contribution in [0.4, 0.5) is 0 Å². The largest absolute Gasteiger partial charge is 0.508 e. The van der Waals surface area contributed by atoms with Crippen molar-refractivity contribution in [3.8, 4) is 11.5 Å². The Labute approximate surface area is 130 Å². The zero-order chi connectivity index (χ0) is 16.8. The summed E-state index contributed by atoms with van der Waals surface area (Å²) in [6.45, 7) is 0. The van der Waals surface area contributed by atoms with Gasteiger partial charge in [0.15, 0.2) is 11.6 Å². The topological polar surface area (TPSA) is 130 Å². The lowest BCUT2D eigenvalue weighted by Crippen LogP contribution is -2.26. The first-order chi connectivity index (χ1) is 10.8. The molecule has 1 aliphatic rings. The molecule has 3 rings (SSSR count). The molecule has 23 heavy (non-hydrogen) atoms. The molecule has 2 aromatic rings. The van der Waals surface area contributed by atoms with Crippen LogP contribution in [-0.2, 0) is 10.3 Å². The van der Waals surface area contributed by atoms with Crippen LogP contribution < -0.4 is 9.72 Å². The number of fused-ring (bicyclic) bond motifs is 2. The number of carbonyl (C=O) groups is 2. The van der Waals surface area contributed by atoms with Crippen molar-refractivity contribution in [2.24, 2.45) is 0 Å². The van der Waals surface area contributed by atoms with E-state index in [-0.39, 0.29) is 33.8 Å². The lowest BCUT2D eigenvalue weighted by molar-refractivity contribution is 0.0978. The third kappa shape index (κ3) is 2.80. The second-order valence-corrected chi connectivity index (χ2v) is 5.87. The molecule has 0 fully saturated rings. The normalized spacial score (nSPS) is 13.4. The minimum absolute atomic E-state index is 0.0304. The van der Waals surface area contributed by atoms with Crippen LogP contribution in [0.5, 0.6) is 11.5 Å². The maximum absolute atomic E-state index is 12.4. The predicted molar refractivity (Wildman–Crippen MR) is 76.7 cm³/mol. The highest BCUT2D eigenvalue weighted by molar-refractivity contribution is 7.83. The lowest BCUT2D eigenvalue weighted by Gasteiger charge is -2.18. The van der Waals surface area contributed by atoms with Crippen LogP contribution in [0.3, 0.4) is 0 Å². The van der Waals surface area contributed by atoms with Crippen molar-refractivity contribution in [3.05, 3.63) is 58.7 Å². The molecule has 1 aliphatic carbocycles. The summed E-state index contributed by atoms with van der Waals surface area (Å²) in [5, 5.41) is 9.46. The van der Waals surface area contributed by atoms with Gasteiger partial charge in [-0.3, -0.25) is 14.1 Å². The molecule has 0 bridgehead atoms. The predicted octanol–water partition coefficient (Wildman–Crippen LogP) is 0.854. The fourth-order valence-electron chi connectivity index (χ4n) is 2.28. The minimum Gasteiger partial charge on any atom is -0.508 e. The van der Waals surface area contributed by atoms with Gasteiger partial charge in [0.1, 0.15) is 11.5 Å². The Balaban J connectivity index is 2.04. The Morgan fingerprint density at radius 2 is 1.43 bits per heavy atom. The average molecular weight is 335 g/mol. The van der Waals surface area contributed by atoms with Gasteiger partial charge in [-0.2, -0.15) is 8.42 Å². The molecular formula is C14H9NO7S. The van der Waals surface area contributed by atoms with Crippen molar-refractivity contribution in [1.82, 2.24) is 4.89 Å². The van der Waals surface area contributed by atoms with Crippen molar-refractivity contribution in [2.75, 3.05) is 0 Å². The number of rotatable bonds is 3. The fraction of sp³-hybridized carbons (Fsp3) is 0. The zero-order valence-corrected chi connectivity index (χ0v) is 12.1. The Morgan fingerprint density at radius 1 is 0.870 bits per heavy atom. The van der Waals surface area contributed by atoms with Crippen molar-refractivity contribution in [3.63, 3.8) is 0 Å². The molecule has 0 saturated carbocycles. The molecule has 118 valence electrons. The van der Waals surface area contributed by atoms with Crippen LogP contribution in [-0.4, -0.2) is 29.6 Å². The third-order valence-electron chi connectivity index (χ3n) is 3.24. The van der Waals surface area contributed by atoms with Gasteiger partial charge in [-0.25, -0.2) is 0 Å². The first kappa shape index (κ1) is 15.2. The van der Waals surface area contributed by atoms with Crippen LogP contribution in [0.15, 0.2) is 36.4 Å². The fourth-order valence-corrected chi connectivity index (χ4v) is 2.48. The van der Waals surface area contributed by atoms with Crippen LogP contribution in [0.2, 0.25) is 0 Å². The maximum Gasteiger partial charge on any atom is 0.364 e. The van der Waals surface area contributed by atoms with Gasteiger partial charge in [0.25, 0.3) is 0 Å². The molecule has 2 aromatic carbocycles. The summed E-state index contributed by atoms with van der Waals surface area (Å²) in [4.78, 5) is 30.9. The van der Waals surface area contributed by atoms with Crippen LogP contribution >= 0.6 is 0 Å². The molecule has 8 nitrogen and oxygen atoms in total. The quantitative estimate of drug-likeness (QED) is 0.478. The molecule has 0 aromatic heterocycles. The summed E-state index contributed by atoms with van der Waals surface area (Å²) in [6.07, 6.45) is 0. The number of nitrogens with one attached hydrogen (secondary N) is 1. The summed E-state index contributed by atoms with van der Waals surface area (Å²) < 4.78 is 29.7. The van der Waals surface area contributed by atoms with E-state index >= 15 is 0 Å². The van der Waals surface area contributed by atoms with Crippen molar-refractivity contribution >= 4 is 21.9 Å². The number of hydrogen-bond donors (Lipinski definition) is 3. The van der Waals surface area contributed by atoms with Gasteiger partial charge >= 0.3 is 10.3 Å². The zero-order valence-electron chi connectivity index (χ0n) is 11.3. The average Bonchev–Trinajstić information content (AvgIpc) is 2.49. The second kappa shape index (κ2) is 5.16. The monoisotopic (exact) mass is 335 g/mol. The molecule has 3 N–H and O–H groups in total. The molecule has 9 heteroatoms. The van der Waals surface area contributed by atoms with Crippen LogP contribution in [0.25, 0.3) is 0 Å². The molecule has 0 aliphatic heterocycles. The number of carbonyl (C=O) groups excluding carboxylic acids is 2. The number of benzene rings is 2. The van der Waals surface area contributed by atoms with Gasteiger partial charge < -0.3 is 9.94 Å². The Morgan fingerprint density at radius 3 is 2.04 bits per heavy atom. The Bertz CT molecular complexity index is 950. The second-order valence-electron chi connectivity index (χ2n) is 4.76. The standard InChI is InChI=1S/C14H9NO7S/c16-7-1-3-9-11(5-7)13(17)10-4-2-8(6-12(10)14(9)18)22-15-23(19,20)21/h1-6,15-16H,(H,19,20,21). The lowest BCUT2D eigenvalue weighted by atomic mass is 9.84. The number of ketones is 2. The summed E-state index contributed by atoms with van der Waals surface area (Å²) >= 11 is 0. The molecule has 0 unspecified atom stereocenters. The summed E-state index contributed by atoms with van der Waals surface area (Å²) in [7, 11) is -4.57. The molecule has 0 radical (unpaired) electrons. The minimum atomic E-state index is -4.57. The molecule has 0 saturated heterocycles. The molecule has 0 amide bonds. The van der Waals surface area contributed by atoms with E-state index in [0.717, 1.165) is 0 Å². The molecular weight excluding hydrogens is 326 g/mol. The van der Waals surface area contributed by atoms with Gasteiger partial charge in [0, 0.05) is 22.3 Å². The van der Waals surface area contributed by atoms with E-state index in [1.54, 1.807) is 0 Å². The van der Waals surface area contributed by atoms with E-state index in [1.165, 1.54) is 41.3 Å². The van der Waals surface area contributed by atoms with Crippen LogP contribution in [0, 0.1) is 0 Å². The van der Waals surface area contributed by atoms with E-state index in [0.29, 0.717) is 0 Å². The smallest absolute Gasteiger partial charge is 0.364 e. The first-order valence-corrected chi connectivity index (χ1v) is 7.68. The first-order valence-electron chi connectivity index (χ1n) is 6.24. The van der Waals surface area contributed by atoms with Gasteiger partial charge in [-0.1, -0.05) is 0 Å². The van der Waals surface area contributed by atoms with Crippen molar-refractivity contribution in [1.29, 1.82) is 0 Å². The third-order valence-corrected chi connectivity index (χ3v) is 3.53. The highest BCUT2D eigenvalue weighted by atomic mass is 32.2. The van der Waals surface area contributed by atoms with E-state index in [9.17, 15) is 23.1 Å².